The van der Waals surface area contributed by atoms with Crippen molar-refractivity contribution in [2.45, 2.75) is 13.1 Å². The van der Waals surface area contributed by atoms with Crippen LogP contribution in [0.5, 0.6) is 5.75 Å². The van der Waals surface area contributed by atoms with Crippen LogP contribution < -0.4 is 10.1 Å². The van der Waals surface area contributed by atoms with Crippen molar-refractivity contribution >= 4 is 17.6 Å². The number of alkyl halides is 3. The lowest BCUT2D eigenvalue weighted by molar-refractivity contribution is -0.137. The predicted octanol–water partition coefficient (Wildman–Crippen LogP) is 3.82. The van der Waals surface area contributed by atoms with E-state index >= 15 is 0 Å². The lowest BCUT2D eigenvalue weighted by Crippen LogP contribution is -2.23. The van der Waals surface area contributed by atoms with E-state index in [4.69, 9.17) is 9.47 Å². The molecule has 8 heteroatoms. The van der Waals surface area contributed by atoms with Crippen LogP contribution in [0.25, 0.3) is 0 Å². The third-order valence-corrected chi connectivity index (χ3v) is 3.42. The van der Waals surface area contributed by atoms with Gasteiger partial charge in [0.05, 0.1) is 18.4 Å². The molecule has 0 aromatic heterocycles. The summed E-state index contributed by atoms with van der Waals surface area (Å²) in [4.78, 5) is 24.0. The van der Waals surface area contributed by atoms with Crippen LogP contribution in [0.3, 0.4) is 0 Å². The summed E-state index contributed by atoms with van der Waals surface area (Å²) in [5, 5.41) is 2.10. The molecule has 138 valence electrons. The van der Waals surface area contributed by atoms with Gasteiger partial charge in [-0.2, -0.15) is 13.2 Å². The van der Waals surface area contributed by atoms with Crippen LogP contribution in [0.2, 0.25) is 0 Å². The Morgan fingerprint density at radius 3 is 2.46 bits per heavy atom. The Labute approximate surface area is 147 Å². The van der Waals surface area contributed by atoms with Gasteiger partial charge in [0.1, 0.15) is 11.3 Å². The Morgan fingerprint density at radius 2 is 1.81 bits per heavy atom. The SMILES string of the molecule is COc1ccc(C)cc1C(=O)OCC(=O)Nc1ccccc1C(F)(F)F. The van der Waals surface area contributed by atoms with Crippen LogP contribution >= 0.6 is 0 Å². The van der Waals surface area contributed by atoms with E-state index in [1.54, 1.807) is 19.1 Å². The molecular formula is C18H16F3NO4. The first-order valence-electron chi connectivity index (χ1n) is 7.50. The van der Waals surface area contributed by atoms with Gasteiger partial charge in [0.15, 0.2) is 6.61 Å². The molecule has 0 unspecified atom stereocenters. The first-order chi connectivity index (χ1) is 12.2. The molecular weight excluding hydrogens is 351 g/mol. The van der Waals surface area contributed by atoms with E-state index in [9.17, 15) is 22.8 Å². The Morgan fingerprint density at radius 1 is 1.12 bits per heavy atom. The second-order valence-electron chi connectivity index (χ2n) is 5.37. The summed E-state index contributed by atoms with van der Waals surface area (Å²) in [6.45, 7) is 1.03. The number of anilines is 1. The fourth-order valence-corrected chi connectivity index (χ4v) is 2.22. The van der Waals surface area contributed by atoms with Gasteiger partial charge in [-0.25, -0.2) is 4.79 Å². The fraction of sp³-hybridized carbons (Fsp3) is 0.222. The summed E-state index contributed by atoms with van der Waals surface area (Å²) in [5.41, 5.74) is -0.494. The standard InChI is InChI=1S/C18H16F3NO4/c1-11-7-8-15(25-2)12(9-11)17(24)26-10-16(23)22-14-6-4-3-5-13(14)18(19,20)21/h3-9H,10H2,1-2H3,(H,22,23). The first kappa shape index (κ1) is 19.3. The van der Waals surface area contributed by atoms with Gasteiger partial charge < -0.3 is 14.8 Å². The van der Waals surface area contributed by atoms with Gasteiger partial charge in [-0.05, 0) is 31.2 Å². The molecule has 2 aromatic rings. The number of carbonyl (C=O) groups excluding carboxylic acids is 2. The molecule has 0 aliphatic carbocycles. The van der Waals surface area contributed by atoms with Gasteiger partial charge in [0.2, 0.25) is 0 Å². The molecule has 0 aliphatic heterocycles. The minimum atomic E-state index is -4.62. The van der Waals surface area contributed by atoms with Crippen molar-refractivity contribution in [2.24, 2.45) is 0 Å². The minimum Gasteiger partial charge on any atom is -0.496 e. The molecule has 2 rings (SSSR count). The number of methoxy groups -OCH3 is 1. The highest BCUT2D eigenvalue weighted by Gasteiger charge is 2.33. The van der Waals surface area contributed by atoms with E-state index in [-0.39, 0.29) is 11.3 Å². The van der Waals surface area contributed by atoms with Crippen molar-refractivity contribution in [3.8, 4) is 5.75 Å². The number of para-hydroxylation sites is 1. The molecule has 26 heavy (non-hydrogen) atoms. The van der Waals surface area contributed by atoms with Crippen molar-refractivity contribution < 1.29 is 32.2 Å². The number of aryl methyl sites for hydroxylation is 1. The highest BCUT2D eigenvalue weighted by Crippen LogP contribution is 2.34. The van der Waals surface area contributed by atoms with Gasteiger partial charge in [0, 0.05) is 0 Å². The number of esters is 1. The number of amides is 1. The highest BCUT2D eigenvalue weighted by atomic mass is 19.4. The van der Waals surface area contributed by atoms with E-state index in [1.807, 2.05) is 0 Å². The number of halogens is 3. The highest BCUT2D eigenvalue weighted by molar-refractivity contribution is 5.97. The molecule has 0 bridgehead atoms. The summed E-state index contributed by atoms with van der Waals surface area (Å²) >= 11 is 0. The number of hydrogen-bond acceptors (Lipinski definition) is 4. The molecule has 5 nitrogen and oxygen atoms in total. The maximum absolute atomic E-state index is 12.9. The maximum atomic E-state index is 12.9. The smallest absolute Gasteiger partial charge is 0.418 e. The van der Waals surface area contributed by atoms with Gasteiger partial charge in [-0.3, -0.25) is 4.79 Å². The number of benzene rings is 2. The second kappa shape index (κ2) is 7.90. The zero-order valence-electron chi connectivity index (χ0n) is 14.0. The van der Waals surface area contributed by atoms with Crippen molar-refractivity contribution in [1.82, 2.24) is 0 Å². The Hall–Kier alpha value is -3.03. The summed E-state index contributed by atoms with van der Waals surface area (Å²) in [7, 11) is 1.38. The average molecular weight is 367 g/mol. The summed E-state index contributed by atoms with van der Waals surface area (Å²) < 4.78 is 48.6. The third kappa shape index (κ3) is 4.75. The number of hydrogen-bond donors (Lipinski definition) is 1. The molecule has 0 radical (unpaired) electrons. The summed E-state index contributed by atoms with van der Waals surface area (Å²) in [5.74, 6) is -1.44. The quantitative estimate of drug-likeness (QED) is 0.816. The van der Waals surface area contributed by atoms with Gasteiger partial charge in [-0.1, -0.05) is 23.8 Å². The van der Waals surface area contributed by atoms with Gasteiger partial charge >= 0.3 is 12.1 Å². The van der Waals surface area contributed by atoms with E-state index < -0.39 is 35.9 Å². The third-order valence-electron chi connectivity index (χ3n) is 3.42. The zero-order chi connectivity index (χ0) is 19.3. The summed E-state index contributed by atoms with van der Waals surface area (Å²) in [6, 6.07) is 9.36. The van der Waals surface area contributed by atoms with E-state index in [1.165, 1.54) is 25.3 Å². The van der Waals surface area contributed by atoms with E-state index in [2.05, 4.69) is 5.32 Å². The first-order valence-corrected chi connectivity index (χ1v) is 7.50. The van der Waals surface area contributed by atoms with Crippen LogP contribution in [-0.2, 0) is 15.7 Å². The van der Waals surface area contributed by atoms with Crippen molar-refractivity contribution in [2.75, 3.05) is 19.0 Å². The molecule has 2 aromatic carbocycles. The lowest BCUT2D eigenvalue weighted by Gasteiger charge is -2.14. The largest absolute Gasteiger partial charge is 0.496 e. The normalized spacial score (nSPS) is 11.0. The van der Waals surface area contributed by atoms with Crippen molar-refractivity contribution in [3.05, 3.63) is 59.2 Å². The van der Waals surface area contributed by atoms with Gasteiger partial charge in [-0.15, -0.1) is 0 Å². The Kier molecular flexibility index (Phi) is 5.86. The van der Waals surface area contributed by atoms with E-state index in [0.29, 0.717) is 0 Å². The molecule has 0 fully saturated rings. The minimum absolute atomic E-state index is 0.121. The topological polar surface area (TPSA) is 64.6 Å². The molecule has 0 atom stereocenters. The maximum Gasteiger partial charge on any atom is 0.418 e. The lowest BCUT2D eigenvalue weighted by atomic mass is 10.1. The van der Waals surface area contributed by atoms with Gasteiger partial charge in [0.25, 0.3) is 5.91 Å². The number of nitrogens with one attached hydrogen (secondary N) is 1. The number of ether oxygens (including phenoxy) is 2. The van der Waals surface area contributed by atoms with Crippen LogP contribution in [0.1, 0.15) is 21.5 Å². The van der Waals surface area contributed by atoms with Crippen LogP contribution in [0.4, 0.5) is 18.9 Å². The van der Waals surface area contributed by atoms with Crippen LogP contribution in [0.15, 0.2) is 42.5 Å². The molecule has 0 saturated carbocycles. The molecule has 0 aliphatic rings. The zero-order valence-corrected chi connectivity index (χ0v) is 14.0. The average Bonchev–Trinajstić information content (AvgIpc) is 2.59. The van der Waals surface area contributed by atoms with Crippen LogP contribution in [0, 0.1) is 6.92 Å². The summed E-state index contributed by atoms with van der Waals surface area (Å²) in [6.07, 6.45) is -4.62. The van der Waals surface area contributed by atoms with Crippen molar-refractivity contribution in [3.63, 3.8) is 0 Å². The van der Waals surface area contributed by atoms with E-state index in [0.717, 1.165) is 17.7 Å². The predicted molar refractivity (Wildman–Crippen MR) is 88.1 cm³/mol. The van der Waals surface area contributed by atoms with Crippen LogP contribution in [-0.4, -0.2) is 25.6 Å². The fourth-order valence-electron chi connectivity index (χ4n) is 2.22. The Balaban J connectivity index is 2.04. The second-order valence-corrected chi connectivity index (χ2v) is 5.37. The molecule has 0 spiro atoms. The molecule has 0 heterocycles. The molecule has 1 N–H and O–H groups in total. The van der Waals surface area contributed by atoms with Crippen molar-refractivity contribution in [1.29, 1.82) is 0 Å². The molecule has 1 amide bonds. The number of rotatable bonds is 5. The molecule has 0 saturated heterocycles. The number of carbonyl (C=O) groups is 2. The Bertz CT molecular complexity index is 818. The monoisotopic (exact) mass is 367 g/mol.